The molecule has 0 fully saturated rings. The van der Waals surface area contributed by atoms with Crippen molar-refractivity contribution in [1.82, 2.24) is 29.3 Å². The predicted octanol–water partition coefficient (Wildman–Crippen LogP) is 4.83. The fourth-order valence-corrected chi connectivity index (χ4v) is 3.91. The number of aryl methyl sites for hydroxylation is 2. The Bertz CT molecular complexity index is 1770. The van der Waals surface area contributed by atoms with Gasteiger partial charge in [0, 0.05) is 60.7 Å². The van der Waals surface area contributed by atoms with E-state index in [0.29, 0.717) is 0 Å². The Balaban J connectivity index is 0.000000186. The molecule has 0 unspecified atom stereocenters. The molecular weight excluding hydrogens is 784 g/mol. The van der Waals surface area contributed by atoms with Crippen molar-refractivity contribution < 1.29 is 51.2 Å². The molecule has 2 aromatic carbocycles. The summed E-state index contributed by atoms with van der Waals surface area (Å²) in [5, 5.41) is 6.25. The fourth-order valence-electron chi connectivity index (χ4n) is 3.91. The van der Waals surface area contributed by atoms with Crippen LogP contribution in [0.3, 0.4) is 0 Å². The van der Waals surface area contributed by atoms with Gasteiger partial charge in [0.15, 0.2) is 0 Å². The molecule has 4 aromatic heterocycles. The van der Waals surface area contributed by atoms with Gasteiger partial charge in [0.1, 0.15) is 5.82 Å². The van der Waals surface area contributed by atoms with Crippen LogP contribution >= 0.6 is 0 Å². The third-order valence-corrected chi connectivity index (χ3v) is 6.82. The van der Waals surface area contributed by atoms with Gasteiger partial charge in [0.05, 0.1) is 19.8 Å². The summed E-state index contributed by atoms with van der Waals surface area (Å²) in [7, 11) is 3.87. The molecule has 4 heterocycles. The van der Waals surface area contributed by atoms with Crippen LogP contribution in [0.2, 0.25) is 0 Å². The maximum absolute atomic E-state index is 12.7. The minimum atomic E-state index is -4.57. The second-order valence-corrected chi connectivity index (χ2v) is 9.79. The molecule has 14 heteroatoms. The number of pyridine rings is 1. The van der Waals surface area contributed by atoms with Gasteiger partial charge in [-0.05, 0) is 45.7 Å². The van der Waals surface area contributed by atoms with Gasteiger partial charge in [0.25, 0.3) is 0 Å². The predicted molar refractivity (Wildman–Crippen MR) is 152 cm³/mol. The van der Waals surface area contributed by atoms with Crippen LogP contribution in [-0.4, -0.2) is 24.2 Å². The maximum atomic E-state index is 12.7. The Labute approximate surface area is 276 Å². The number of halogens is 5. The maximum Gasteiger partial charge on any atom is 0.429 e. The molecule has 0 saturated carbocycles. The summed E-state index contributed by atoms with van der Waals surface area (Å²) in [4.78, 5) is 7.05. The van der Waals surface area contributed by atoms with Crippen LogP contribution in [-0.2, 0) is 40.4 Å². The Hall–Kier alpha value is -4.55. The molecule has 0 atom stereocenters. The Kier molecular flexibility index (Phi) is 11.8. The van der Waals surface area contributed by atoms with E-state index in [1.54, 1.807) is 24.3 Å². The second kappa shape index (κ2) is 15.2. The molecule has 1 radical (unpaired) electrons. The minimum Gasteiger partial charge on any atom is -0.413 e. The summed E-state index contributed by atoms with van der Waals surface area (Å²) < 4.78 is 69.4. The van der Waals surface area contributed by atoms with E-state index in [9.17, 15) is 22.0 Å². The number of hydrogen-bond donors (Lipinski definition) is 0. The molecule has 8 nitrogen and oxygen atoms in total. The van der Waals surface area contributed by atoms with E-state index in [-0.39, 0.29) is 43.3 Å². The molecule has 0 aliphatic carbocycles. The van der Waals surface area contributed by atoms with E-state index in [2.05, 4.69) is 45.0 Å². The molecule has 243 valence electrons. The SMILES string of the molecule is Cc1c(C)[n+](C)[c-]n1-c1[c-]cc(F)cc1.Cc1c(C)[n+](C)[c-]n1-c1[c-]cc(F)cc1.FC(F)(F)c1n[n-]c(-c2ccccn2)n1.[Ir]. The molecule has 6 rings (SSSR count). The van der Waals surface area contributed by atoms with E-state index in [0.717, 1.165) is 34.2 Å². The third-order valence-electron chi connectivity index (χ3n) is 6.82. The van der Waals surface area contributed by atoms with Gasteiger partial charge in [-0.3, -0.25) is 18.9 Å². The average Bonchev–Trinajstić information content (AvgIpc) is 3.70. The first-order valence-corrected chi connectivity index (χ1v) is 13.4. The van der Waals surface area contributed by atoms with Crippen LogP contribution < -0.4 is 14.2 Å². The van der Waals surface area contributed by atoms with Crippen molar-refractivity contribution in [2.75, 3.05) is 0 Å². The fraction of sp³-hybridized carbons (Fsp3) is 0.219. The zero-order chi connectivity index (χ0) is 32.9. The zero-order valence-electron chi connectivity index (χ0n) is 25.6. The van der Waals surface area contributed by atoms with Crippen molar-refractivity contribution in [3.63, 3.8) is 0 Å². The first-order valence-electron chi connectivity index (χ1n) is 13.4. The minimum absolute atomic E-state index is 0. The standard InChI is InChI=1S/2C12H12FN2.C8H4F3N4.Ir/c2*1-9-10(2)15(8-14(9)3)12-6-4-11(13)5-7-12;9-8(10,11)7-13-6(14-15-7)5-3-1-2-4-12-5;/h2*4-6H,1-3H3;1-4H;/q3*-1;. The first kappa shape index (κ1) is 35.9. The van der Waals surface area contributed by atoms with Gasteiger partial charge in [-0.2, -0.15) is 37.4 Å². The van der Waals surface area contributed by atoms with Crippen LogP contribution in [0, 0.1) is 64.1 Å². The summed E-state index contributed by atoms with van der Waals surface area (Å²) in [5.74, 6) is -1.92. The van der Waals surface area contributed by atoms with Crippen LogP contribution in [0.5, 0.6) is 0 Å². The number of imidazole rings is 2. The molecule has 0 spiro atoms. The van der Waals surface area contributed by atoms with Crippen molar-refractivity contribution in [3.8, 4) is 22.9 Å². The van der Waals surface area contributed by atoms with E-state index in [1.165, 1.54) is 36.5 Å². The van der Waals surface area contributed by atoms with Crippen molar-refractivity contribution >= 4 is 0 Å². The number of rotatable bonds is 3. The monoisotopic (exact) mass is 812 g/mol. The van der Waals surface area contributed by atoms with Crippen LogP contribution in [0.1, 0.15) is 28.6 Å². The smallest absolute Gasteiger partial charge is 0.413 e. The molecule has 0 N–H and O–H groups in total. The summed E-state index contributed by atoms with van der Waals surface area (Å²) in [5.41, 5.74) is 6.30. The normalized spacial score (nSPS) is 10.8. The summed E-state index contributed by atoms with van der Waals surface area (Å²) in [6.07, 6.45) is 3.13. The second-order valence-electron chi connectivity index (χ2n) is 9.79. The Morgan fingerprint density at radius 2 is 1.26 bits per heavy atom. The van der Waals surface area contributed by atoms with Crippen molar-refractivity contribution in [3.05, 3.63) is 126 Å². The first-order chi connectivity index (χ1) is 21.3. The number of aromatic nitrogens is 8. The van der Waals surface area contributed by atoms with Gasteiger partial charge >= 0.3 is 6.18 Å². The number of benzene rings is 2. The largest absolute Gasteiger partial charge is 0.429 e. The molecular formula is C32H28F5IrN8-3. The number of alkyl halides is 3. The summed E-state index contributed by atoms with van der Waals surface area (Å²) >= 11 is 0. The van der Waals surface area contributed by atoms with Gasteiger partial charge in [-0.1, -0.05) is 17.4 Å². The summed E-state index contributed by atoms with van der Waals surface area (Å²) in [6.45, 7) is 8.05. The molecule has 0 bridgehead atoms. The van der Waals surface area contributed by atoms with E-state index >= 15 is 0 Å². The van der Waals surface area contributed by atoms with Crippen LogP contribution in [0.25, 0.3) is 22.9 Å². The van der Waals surface area contributed by atoms with Gasteiger partial charge < -0.3 is 28.4 Å². The molecule has 46 heavy (non-hydrogen) atoms. The molecule has 0 saturated heterocycles. The van der Waals surface area contributed by atoms with Gasteiger partial charge in [0.2, 0.25) is 12.7 Å². The van der Waals surface area contributed by atoms with E-state index < -0.39 is 12.0 Å². The number of hydrogen-bond acceptors (Lipinski definition) is 3. The topological polar surface area (TPSA) is 70.4 Å². The molecule has 6 aromatic rings. The summed E-state index contributed by atoms with van der Waals surface area (Å²) in [6, 6.07) is 19.4. The van der Waals surface area contributed by atoms with Crippen molar-refractivity contribution in [2.24, 2.45) is 14.1 Å². The van der Waals surface area contributed by atoms with Crippen LogP contribution in [0.15, 0.2) is 60.8 Å². The van der Waals surface area contributed by atoms with Gasteiger partial charge in [-0.15, -0.1) is 24.3 Å². The van der Waals surface area contributed by atoms with Crippen molar-refractivity contribution in [2.45, 2.75) is 33.9 Å². The Morgan fingerprint density at radius 1 is 0.761 bits per heavy atom. The zero-order valence-corrected chi connectivity index (χ0v) is 28.0. The number of nitrogens with zero attached hydrogens (tertiary/aromatic N) is 8. The molecule has 0 amide bonds. The third kappa shape index (κ3) is 8.58. The quantitative estimate of drug-likeness (QED) is 0.146. The van der Waals surface area contributed by atoms with Crippen LogP contribution in [0.4, 0.5) is 22.0 Å². The molecule has 0 aliphatic rings. The molecule has 0 aliphatic heterocycles. The van der Waals surface area contributed by atoms with Gasteiger partial charge in [-0.25, -0.2) is 0 Å². The Morgan fingerprint density at radius 3 is 1.59 bits per heavy atom. The average molecular weight is 812 g/mol. The van der Waals surface area contributed by atoms with E-state index in [4.69, 9.17) is 0 Å². The van der Waals surface area contributed by atoms with Crippen molar-refractivity contribution in [1.29, 1.82) is 0 Å². The van der Waals surface area contributed by atoms with E-state index in [1.807, 2.05) is 60.1 Å².